The number of hydrogen-bond acceptors (Lipinski definition) is 3. The molecule has 6 heteroatoms. The van der Waals surface area contributed by atoms with Gasteiger partial charge in [0.15, 0.2) is 0 Å². The zero-order valence-electron chi connectivity index (χ0n) is 12.8. The van der Waals surface area contributed by atoms with E-state index >= 15 is 0 Å². The summed E-state index contributed by atoms with van der Waals surface area (Å²) in [4.78, 5) is 13.3. The fourth-order valence-corrected chi connectivity index (χ4v) is 3.55. The first kappa shape index (κ1) is 17.5. The number of amides is 1. The number of nitrogens with two attached hydrogens (primary N) is 1. The molecule has 0 saturated carbocycles. The summed E-state index contributed by atoms with van der Waals surface area (Å²) in [5.74, 6) is -0.254. The van der Waals surface area contributed by atoms with Crippen molar-refractivity contribution in [1.29, 1.82) is 0 Å². The number of rotatable bonds is 6. The van der Waals surface area contributed by atoms with Crippen LogP contribution in [0.3, 0.4) is 0 Å². The maximum atomic E-state index is 10.9. The molecule has 1 atom stereocenters. The van der Waals surface area contributed by atoms with Crippen LogP contribution < -0.4 is 11.1 Å². The van der Waals surface area contributed by atoms with Gasteiger partial charge in [-0.15, -0.1) is 0 Å². The highest BCUT2D eigenvalue weighted by atomic mass is 35.5. The van der Waals surface area contributed by atoms with Crippen LogP contribution in [0.5, 0.6) is 0 Å². The summed E-state index contributed by atoms with van der Waals surface area (Å²) in [7, 11) is 0. The van der Waals surface area contributed by atoms with Crippen LogP contribution >= 0.6 is 23.2 Å². The highest BCUT2D eigenvalue weighted by molar-refractivity contribution is 6.34. The number of halogens is 2. The second-order valence-electron chi connectivity index (χ2n) is 6.07. The number of piperidine rings is 1. The Kier molecular flexibility index (Phi) is 6.50. The van der Waals surface area contributed by atoms with Crippen LogP contribution in [0.2, 0.25) is 10.0 Å². The first-order chi connectivity index (χ1) is 10.4. The maximum Gasteiger partial charge on any atom is 0.218 e. The highest BCUT2D eigenvalue weighted by Gasteiger charge is 2.21. The number of primary amides is 1. The lowest BCUT2D eigenvalue weighted by Crippen LogP contribution is -2.46. The van der Waals surface area contributed by atoms with E-state index in [-0.39, 0.29) is 11.9 Å². The number of hydrogen-bond donors (Lipinski definition) is 2. The van der Waals surface area contributed by atoms with E-state index in [2.05, 4.69) is 10.2 Å². The van der Waals surface area contributed by atoms with Gasteiger partial charge in [-0.2, -0.15) is 0 Å². The van der Waals surface area contributed by atoms with E-state index in [0.717, 1.165) is 38.0 Å². The first-order valence-electron chi connectivity index (χ1n) is 7.64. The number of nitrogens with one attached hydrogen (secondary N) is 1. The lowest BCUT2D eigenvalue weighted by Gasteiger charge is -2.33. The van der Waals surface area contributed by atoms with Crippen LogP contribution in [0.25, 0.3) is 0 Å². The molecule has 1 saturated heterocycles. The Hall–Kier alpha value is -0.810. The Balaban J connectivity index is 1.78. The Morgan fingerprint density at radius 3 is 2.45 bits per heavy atom. The Labute approximate surface area is 141 Å². The van der Waals surface area contributed by atoms with Gasteiger partial charge in [-0.25, -0.2) is 0 Å². The van der Waals surface area contributed by atoms with Crippen molar-refractivity contribution in [3.05, 3.63) is 33.8 Å². The van der Waals surface area contributed by atoms with Crippen molar-refractivity contribution in [3.63, 3.8) is 0 Å². The fourth-order valence-electron chi connectivity index (χ4n) is 2.98. The lowest BCUT2D eigenvalue weighted by atomic mass is 10.0. The van der Waals surface area contributed by atoms with Gasteiger partial charge in [0, 0.05) is 35.1 Å². The van der Waals surface area contributed by atoms with Crippen molar-refractivity contribution < 1.29 is 4.79 Å². The molecular weight excluding hydrogens is 321 g/mol. The molecular formula is C16H23Cl2N3O. The summed E-state index contributed by atoms with van der Waals surface area (Å²) in [6.45, 7) is 4.91. The molecule has 22 heavy (non-hydrogen) atoms. The standard InChI is InChI=1S/C16H23Cl2N3O/c1-11(6-16(19)22)20-15-2-4-21(5-3-15)10-12-7-13(17)9-14(18)8-12/h7-9,11,15,20H,2-6,10H2,1H3,(H2,19,22)/t11-/m0/s1. The normalized spacial score (nSPS) is 18.3. The van der Waals surface area contributed by atoms with E-state index < -0.39 is 0 Å². The number of carbonyl (C=O) groups excluding carboxylic acids is 1. The van der Waals surface area contributed by atoms with Crippen LogP contribution in [-0.4, -0.2) is 36.0 Å². The number of benzene rings is 1. The van der Waals surface area contributed by atoms with E-state index in [1.165, 1.54) is 0 Å². The van der Waals surface area contributed by atoms with E-state index in [9.17, 15) is 4.79 Å². The molecule has 0 aromatic heterocycles. The van der Waals surface area contributed by atoms with Crippen molar-refractivity contribution in [3.8, 4) is 0 Å². The molecule has 1 aromatic carbocycles. The molecule has 1 aliphatic rings. The van der Waals surface area contributed by atoms with Crippen LogP contribution in [-0.2, 0) is 11.3 Å². The molecule has 122 valence electrons. The Morgan fingerprint density at radius 2 is 1.91 bits per heavy atom. The van der Waals surface area contributed by atoms with Gasteiger partial charge < -0.3 is 11.1 Å². The topological polar surface area (TPSA) is 58.4 Å². The molecule has 0 radical (unpaired) electrons. The maximum absolute atomic E-state index is 10.9. The molecule has 0 unspecified atom stereocenters. The van der Waals surface area contributed by atoms with Gasteiger partial charge in [0.2, 0.25) is 5.91 Å². The predicted octanol–water partition coefficient (Wildman–Crippen LogP) is 2.81. The van der Waals surface area contributed by atoms with Gasteiger partial charge in [-0.05, 0) is 56.6 Å². The molecule has 1 amide bonds. The minimum Gasteiger partial charge on any atom is -0.370 e. The van der Waals surface area contributed by atoms with E-state index in [0.29, 0.717) is 22.5 Å². The first-order valence-corrected chi connectivity index (χ1v) is 8.39. The number of nitrogens with zero attached hydrogens (tertiary/aromatic N) is 1. The Bertz CT molecular complexity index is 496. The highest BCUT2D eigenvalue weighted by Crippen LogP contribution is 2.21. The van der Waals surface area contributed by atoms with Crippen molar-refractivity contribution >= 4 is 29.1 Å². The molecule has 0 spiro atoms. The molecule has 3 N–H and O–H groups in total. The summed E-state index contributed by atoms with van der Waals surface area (Å²) in [6, 6.07) is 6.27. The molecule has 1 aliphatic heterocycles. The second-order valence-corrected chi connectivity index (χ2v) is 6.94. The average molecular weight is 344 g/mol. The van der Waals surface area contributed by atoms with Crippen molar-refractivity contribution in [2.75, 3.05) is 13.1 Å². The van der Waals surface area contributed by atoms with Gasteiger partial charge in [-0.1, -0.05) is 23.2 Å². The quantitative estimate of drug-likeness (QED) is 0.834. The molecule has 1 heterocycles. The van der Waals surface area contributed by atoms with E-state index in [4.69, 9.17) is 28.9 Å². The molecule has 2 rings (SSSR count). The van der Waals surface area contributed by atoms with Crippen molar-refractivity contribution in [2.45, 2.75) is 44.8 Å². The molecule has 1 fully saturated rings. The minimum atomic E-state index is -0.254. The average Bonchev–Trinajstić information content (AvgIpc) is 2.39. The summed E-state index contributed by atoms with van der Waals surface area (Å²) >= 11 is 12.1. The van der Waals surface area contributed by atoms with Crippen LogP contribution in [0.1, 0.15) is 31.7 Å². The van der Waals surface area contributed by atoms with Gasteiger partial charge in [0.1, 0.15) is 0 Å². The largest absolute Gasteiger partial charge is 0.370 e. The monoisotopic (exact) mass is 343 g/mol. The van der Waals surface area contributed by atoms with Gasteiger partial charge in [0.05, 0.1) is 0 Å². The Morgan fingerprint density at radius 1 is 1.32 bits per heavy atom. The summed E-state index contributed by atoms with van der Waals surface area (Å²) in [6.07, 6.45) is 2.52. The SMILES string of the molecule is C[C@@H](CC(N)=O)NC1CCN(Cc2cc(Cl)cc(Cl)c2)CC1. The molecule has 0 aliphatic carbocycles. The lowest BCUT2D eigenvalue weighted by molar-refractivity contribution is -0.118. The van der Waals surface area contributed by atoms with Crippen LogP contribution in [0.15, 0.2) is 18.2 Å². The zero-order valence-corrected chi connectivity index (χ0v) is 14.3. The third-order valence-corrected chi connectivity index (χ3v) is 4.38. The number of likely N-dealkylation sites (tertiary alicyclic amines) is 1. The molecule has 1 aromatic rings. The van der Waals surface area contributed by atoms with Crippen LogP contribution in [0.4, 0.5) is 0 Å². The summed E-state index contributed by atoms with van der Waals surface area (Å²) in [5.41, 5.74) is 6.37. The third-order valence-electron chi connectivity index (χ3n) is 3.94. The third kappa shape index (κ3) is 5.76. The van der Waals surface area contributed by atoms with E-state index in [1.54, 1.807) is 6.07 Å². The van der Waals surface area contributed by atoms with Crippen molar-refractivity contribution in [1.82, 2.24) is 10.2 Å². The fraction of sp³-hybridized carbons (Fsp3) is 0.562. The second kappa shape index (κ2) is 8.16. The predicted molar refractivity (Wildman–Crippen MR) is 91.2 cm³/mol. The van der Waals surface area contributed by atoms with E-state index in [1.807, 2.05) is 19.1 Å². The van der Waals surface area contributed by atoms with Gasteiger partial charge >= 0.3 is 0 Å². The zero-order chi connectivity index (χ0) is 16.1. The van der Waals surface area contributed by atoms with Gasteiger partial charge in [0.25, 0.3) is 0 Å². The van der Waals surface area contributed by atoms with Gasteiger partial charge in [-0.3, -0.25) is 9.69 Å². The smallest absolute Gasteiger partial charge is 0.218 e. The minimum absolute atomic E-state index is 0.140. The summed E-state index contributed by atoms with van der Waals surface area (Å²) in [5, 5.41) is 4.84. The summed E-state index contributed by atoms with van der Waals surface area (Å²) < 4.78 is 0. The molecule has 4 nitrogen and oxygen atoms in total. The van der Waals surface area contributed by atoms with Crippen molar-refractivity contribution in [2.24, 2.45) is 5.73 Å². The number of carbonyl (C=O) groups is 1. The van der Waals surface area contributed by atoms with Crippen LogP contribution in [0, 0.1) is 0 Å². The molecule has 0 bridgehead atoms.